The first-order chi connectivity index (χ1) is 16.4. The summed E-state index contributed by atoms with van der Waals surface area (Å²) in [5.74, 6) is 1.88. The van der Waals surface area contributed by atoms with Crippen LogP contribution in [0.3, 0.4) is 0 Å². The second-order valence-electron chi connectivity index (χ2n) is 8.84. The standard InChI is InChI=1S/C27H28N4O3/c1-27(2,31-17-21(32)18-33-25-5-3-4-24-23(25)12-13-29-24)14-19-6-9-22(10-7-19)34-26-11-8-20(15-28)16-30-26/h3-13,16,21,29,31-32H,14,17-18H2,1-2H3/t21-/m0/s1. The largest absolute Gasteiger partial charge is 0.490 e. The van der Waals surface area contributed by atoms with E-state index in [2.05, 4.69) is 29.1 Å². The van der Waals surface area contributed by atoms with Gasteiger partial charge in [-0.15, -0.1) is 0 Å². The lowest BCUT2D eigenvalue weighted by molar-refractivity contribution is 0.0996. The predicted molar refractivity (Wildman–Crippen MR) is 131 cm³/mol. The Kier molecular flexibility index (Phi) is 7.12. The van der Waals surface area contributed by atoms with Crippen molar-refractivity contribution < 1.29 is 14.6 Å². The first-order valence-corrected chi connectivity index (χ1v) is 11.2. The number of benzene rings is 2. The van der Waals surface area contributed by atoms with Crippen molar-refractivity contribution in [2.45, 2.75) is 31.9 Å². The molecule has 0 spiro atoms. The van der Waals surface area contributed by atoms with Gasteiger partial charge in [0.15, 0.2) is 0 Å². The number of aromatic amines is 1. The summed E-state index contributed by atoms with van der Waals surface area (Å²) in [7, 11) is 0. The van der Waals surface area contributed by atoms with Crippen LogP contribution in [0.2, 0.25) is 0 Å². The van der Waals surface area contributed by atoms with Crippen LogP contribution in [-0.4, -0.2) is 39.9 Å². The van der Waals surface area contributed by atoms with Gasteiger partial charge in [-0.2, -0.15) is 5.26 Å². The van der Waals surface area contributed by atoms with E-state index in [0.29, 0.717) is 23.7 Å². The van der Waals surface area contributed by atoms with Crippen molar-refractivity contribution in [3.8, 4) is 23.4 Å². The van der Waals surface area contributed by atoms with Crippen LogP contribution in [0.5, 0.6) is 17.4 Å². The number of ether oxygens (including phenoxy) is 2. The molecular formula is C27H28N4O3. The van der Waals surface area contributed by atoms with Crippen molar-refractivity contribution >= 4 is 10.9 Å². The minimum atomic E-state index is -0.635. The Morgan fingerprint density at radius 1 is 1.12 bits per heavy atom. The zero-order valence-electron chi connectivity index (χ0n) is 19.3. The Hall–Kier alpha value is -3.86. The molecule has 7 heteroatoms. The summed E-state index contributed by atoms with van der Waals surface area (Å²) in [5, 5.41) is 23.7. The number of nitriles is 1. The SMILES string of the molecule is CC(C)(Cc1ccc(Oc2ccc(C#N)cn2)cc1)NC[C@H](O)COc1cccc2[nH]ccc12. The molecule has 0 saturated carbocycles. The lowest BCUT2D eigenvalue weighted by atomic mass is 9.94. The summed E-state index contributed by atoms with van der Waals surface area (Å²) in [6.07, 6.45) is 3.50. The highest BCUT2D eigenvalue weighted by Crippen LogP contribution is 2.25. The van der Waals surface area contributed by atoms with Gasteiger partial charge in [0.05, 0.1) is 5.56 Å². The molecule has 3 N–H and O–H groups in total. The molecule has 0 aliphatic rings. The van der Waals surface area contributed by atoms with Gasteiger partial charge >= 0.3 is 0 Å². The fourth-order valence-corrected chi connectivity index (χ4v) is 3.70. The number of aliphatic hydroxyl groups is 1. The first kappa shape index (κ1) is 23.3. The predicted octanol–water partition coefficient (Wildman–Crippen LogP) is 4.58. The summed E-state index contributed by atoms with van der Waals surface area (Å²) < 4.78 is 11.6. The molecule has 0 bridgehead atoms. The molecule has 2 heterocycles. The molecule has 2 aromatic carbocycles. The molecule has 0 fully saturated rings. The Morgan fingerprint density at radius 3 is 2.68 bits per heavy atom. The van der Waals surface area contributed by atoms with Gasteiger partial charge in [0.25, 0.3) is 0 Å². The van der Waals surface area contributed by atoms with E-state index in [1.165, 1.54) is 6.20 Å². The number of β-amino-alcohol motifs (C(OH)–C–C–N with tert-alkyl or cyclic N) is 1. The van der Waals surface area contributed by atoms with Gasteiger partial charge in [0.2, 0.25) is 5.88 Å². The van der Waals surface area contributed by atoms with Gasteiger partial charge in [0.1, 0.15) is 30.3 Å². The number of hydrogen-bond acceptors (Lipinski definition) is 6. The van der Waals surface area contributed by atoms with Gasteiger partial charge in [-0.3, -0.25) is 0 Å². The molecule has 2 aromatic heterocycles. The Bertz CT molecular complexity index is 1260. The fourth-order valence-electron chi connectivity index (χ4n) is 3.70. The summed E-state index contributed by atoms with van der Waals surface area (Å²) >= 11 is 0. The number of pyridine rings is 1. The van der Waals surface area contributed by atoms with Gasteiger partial charge in [-0.25, -0.2) is 4.98 Å². The quantitative estimate of drug-likeness (QED) is 0.323. The maximum absolute atomic E-state index is 10.4. The molecule has 34 heavy (non-hydrogen) atoms. The van der Waals surface area contributed by atoms with Gasteiger partial charge in [-0.05, 0) is 62.2 Å². The smallest absolute Gasteiger partial charge is 0.219 e. The van der Waals surface area contributed by atoms with Crippen LogP contribution in [0.4, 0.5) is 0 Å². The highest BCUT2D eigenvalue weighted by atomic mass is 16.5. The number of fused-ring (bicyclic) bond motifs is 1. The van der Waals surface area contributed by atoms with E-state index in [-0.39, 0.29) is 12.1 Å². The monoisotopic (exact) mass is 456 g/mol. The Labute approximate surface area is 199 Å². The number of nitrogens with one attached hydrogen (secondary N) is 2. The molecule has 0 radical (unpaired) electrons. The van der Waals surface area contributed by atoms with Crippen LogP contribution in [0.1, 0.15) is 25.0 Å². The number of aromatic nitrogens is 2. The molecule has 1 atom stereocenters. The molecule has 0 aliphatic heterocycles. The lowest BCUT2D eigenvalue weighted by Crippen LogP contribution is -2.46. The van der Waals surface area contributed by atoms with E-state index in [4.69, 9.17) is 14.7 Å². The highest BCUT2D eigenvalue weighted by molar-refractivity contribution is 5.85. The number of rotatable bonds is 10. The molecule has 174 valence electrons. The summed E-state index contributed by atoms with van der Waals surface area (Å²) in [5.41, 5.74) is 2.42. The van der Waals surface area contributed by atoms with E-state index in [0.717, 1.165) is 28.6 Å². The van der Waals surface area contributed by atoms with E-state index >= 15 is 0 Å². The highest BCUT2D eigenvalue weighted by Gasteiger charge is 2.20. The van der Waals surface area contributed by atoms with E-state index in [1.807, 2.05) is 60.8 Å². The van der Waals surface area contributed by atoms with Crippen LogP contribution >= 0.6 is 0 Å². The van der Waals surface area contributed by atoms with Crippen LogP contribution in [0.15, 0.2) is 73.1 Å². The first-order valence-electron chi connectivity index (χ1n) is 11.2. The maximum atomic E-state index is 10.4. The minimum absolute atomic E-state index is 0.211. The van der Waals surface area contributed by atoms with Crippen molar-refractivity contribution in [1.82, 2.24) is 15.3 Å². The Morgan fingerprint density at radius 2 is 1.94 bits per heavy atom. The average Bonchev–Trinajstić information content (AvgIpc) is 3.33. The van der Waals surface area contributed by atoms with E-state index in [9.17, 15) is 5.11 Å². The topological polar surface area (TPSA) is 103 Å². The third kappa shape index (κ3) is 6.13. The Balaban J connectivity index is 1.25. The molecule has 0 unspecified atom stereocenters. The van der Waals surface area contributed by atoms with Gasteiger partial charge in [-0.1, -0.05) is 18.2 Å². The normalized spacial score (nSPS) is 12.3. The van der Waals surface area contributed by atoms with Crippen LogP contribution < -0.4 is 14.8 Å². The van der Waals surface area contributed by atoms with Crippen molar-refractivity contribution in [3.05, 3.63) is 84.2 Å². The number of hydrogen-bond donors (Lipinski definition) is 3. The number of nitrogens with zero attached hydrogens (tertiary/aromatic N) is 2. The molecule has 0 aliphatic carbocycles. The lowest BCUT2D eigenvalue weighted by Gasteiger charge is -2.28. The molecule has 0 amide bonds. The van der Waals surface area contributed by atoms with Crippen molar-refractivity contribution in [2.24, 2.45) is 0 Å². The zero-order chi connectivity index (χ0) is 24.0. The maximum Gasteiger partial charge on any atom is 0.219 e. The van der Waals surface area contributed by atoms with E-state index < -0.39 is 6.10 Å². The van der Waals surface area contributed by atoms with Crippen LogP contribution in [-0.2, 0) is 6.42 Å². The van der Waals surface area contributed by atoms with Gasteiger partial charge < -0.3 is 24.9 Å². The van der Waals surface area contributed by atoms with Crippen molar-refractivity contribution in [2.75, 3.05) is 13.2 Å². The summed E-state index contributed by atoms with van der Waals surface area (Å²) in [6.45, 7) is 4.84. The second-order valence-corrected chi connectivity index (χ2v) is 8.84. The molecule has 4 aromatic rings. The van der Waals surface area contributed by atoms with Crippen molar-refractivity contribution in [3.63, 3.8) is 0 Å². The third-order valence-corrected chi connectivity index (χ3v) is 5.46. The minimum Gasteiger partial charge on any atom is -0.490 e. The third-order valence-electron chi connectivity index (χ3n) is 5.46. The number of aliphatic hydroxyl groups excluding tert-OH is 1. The molecular weight excluding hydrogens is 428 g/mol. The summed E-state index contributed by atoms with van der Waals surface area (Å²) in [6, 6.07) is 21.0. The average molecular weight is 457 g/mol. The molecule has 4 rings (SSSR count). The second kappa shape index (κ2) is 10.4. The zero-order valence-corrected chi connectivity index (χ0v) is 19.3. The van der Waals surface area contributed by atoms with Gasteiger partial charge in [0, 0.05) is 41.4 Å². The molecule has 7 nitrogen and oxygen atoms in total. The van der Waals surface area contributed by atoms with Crippen molar-refractivity contribution in [1.29, 1.82) is 5.26 Å². The number of H-pyrrole nitrogens is 1. The van der Waals surface area contributed by atoms with E-state index in [1.54, 1.807) is 12.1 Å². The van der Waals surface area contributed by atoms with Crippen LogP contribution in [0.25, 0.3) is 10.9 Å². The molecule has 0 saturated heterocycles. The van der Waals surface area contributed by atoms with Crippen LogP contribution in [0, 0.1) is 11.3 Å². The fraction of sp³-hybridized carbons (Fsp3) is 0.259. The summed E-state index contributed by atoms with van der Waals surface area (Å²) in [4.78, 5) is 7.28.